The van der Waals surface area contributed by atoms with Gasteiger partial charge in [-0.05, 0) is 6.92 Å². The van der Waals surface area contributed by atoms with Crippen LogP contribution in [-0.2, 0) is 0 Å². The number of hydrogen-bond donors (Lipinski definition) is 0. The molecule has 0 aliphatic rings. The molecule has 0 bridgehead atoms. The van der Waals surface area contributed by atoms with Crippen molar-refractivity contribution in [2.45, 2.75) is 13.3 Å². The first-order chi connectivity index (χ1) is 8.26. The number of rotatable bonds is 4. The number of halogens is 1. The van der Waals surface area contributed by atoms with Crippen molar-refractivity contribution >= 4 is 23.2 Å². The molecule has 7 heteroatoms. The molecule has 0 radical (unpaired) electrons. The van der Waals surface area contributed by atoms with Gasteiger partial charge in [-0.2, -0.15) is 24.8 Å². The normalized spacial score (nSPS) is 10.4. The van der Waals surface area contributed by atoms with Crippen LogP contribution in [0.25, 0.3) is 5.78 Å². The number of fused-ring (bicyclic) bond motifs is 1. The molecule has 0 fully saturated rings. The second kappa shape index (κ2) is 4.97. The van der Waals surface area contributed by atoms with Gasteiger partial charge < -0.3 is 4.90 Å². The Bertz CT molecular complexity index is 557. The molecule has 0 spiro atoms. The highest BCUT2D eigenvalue weighted by atomic mass is 35.5. The van der Waals surface area contributed by atoms with Crippen LogP contribution in [0.4, 0.5) is 5.82 Å². The molecule has 88 valence electrons. The Labute approximate surface area is 103 Å². The smallest absolute Gasteiger partial charge is 0.255 e. The van der Waals surface area contributed by atoms with Gasteiger partial charge in [0, 0.05) is 19.2 Å². The van der Waals surface area contributed by atoms with Gasteiger partial charge in [-0.3, -0.25) is 0 Å². The fourth-order valence-electron chi connectivity index (χ4n) is 1.61. The van der Waals surface area contributed by atoms with E-state index in [2.05, 4.69) is 21.1 Å². The van der Waals surface area contributed by atoms with Crippen LogP contribution in [-0.4, -0.2) is 32.7 Å². The Morgan fingerprint density at radius 2 is 2.41 bits per heavy atom. The van der Waals surface area contributed by atoms with Gasteiger partial charge in [0.25, 0.3) is 5.78 Å². The zero-order valence-corrected chi connectivity index (χ0v) is 10.1. The van der Waals surface area contributed by atoms with Gasteiger partial charge in [0.2, 0.25) is 0 Å². The van der Waals surface area contributed by atoms with Gasteiger partial charge in [0.05, 0.1) is 12.5 Å². The maximum Gasteiger partial charge on any atom is 0.255 e. The summed E-state index contributed by atoms with van der Waals surface area (Å²) in [5, 5.41) is 13.1. The Morgan fingerprint density at radius 3 is 3.12 bits per heavy atom. The molecular formula is C10H11ClN6. The lowest BCUT2D eigenvalue weighted by Gasteiger charge is -2.21. The molecule has 2 heterocycles. The van der Waals surface area contributed by atoms with E-state index in [0.29, 0.717) is 23.9 Å². The van der Waals surface area contributed by atoms with Crippen LogP contribution in [0.15, 0.2) is 12.4 Å². The molecule has 0 N–H and O–H groups in total. The molecule has 2 rings (SSSR count). The monoisotopic (exact) mass is 250 g/mol. The molecule has 0 saturated heterocycles. The Balaban J connectivity index is 2.44. The lowest BCUT2D eigenvalue weighted by molar-refractivity contribution is 0.776. The van der Waals surface area contributed by atoms with Crippen LogP contribution in [0.3, 0.4) is 0 Å². The van der Waals surface area contributed by atoms with Crippen LogP contribution >= 0.6 is 11.6 Å². The fraction of sp³-hybridized carbons (Fsp3) is 0.400. The van der Waals surface area contributed by atoms with Gasteiger partial charge in [-0.25, -0.2) is 0 Å². The molecule has 6 nitrogen and oxygen atoms in total. The van der Waals surface area contributed by atoms with Crippen molar-refractivity contribution in [2.75, 3.05) is 18.0 Å². The first-order valence-electron chi connectivity index (χ1n) is 5.24. The van der Waals surface area contributed by atoms with E-state index in [9.17, 15) is 0 Å². The van der Waals surface area contributed by atoms with Crippen molar-refractivity contribution in [2.24, 2.45) is 0 Å². The highest BCUT2D eigenvalue weighted by Crippen LogP contribution is 2.18. The largest absolute Gasteiger partial charge is 0.356 e. The predicted octanol–water partition coefficient (Wildman–Crippen LogP) is 1.52. The number of hydrogen-bond acceptors (Lipinski definition) is 5. The summed E-state index contributed by atoms with van der Waals surface area (Å²) in [6.07, 6.45) is 1.88. The highest BCUT2D eigenvalue weighted by Gasteiger charge is 2.12. The summed E-state index contributed by atoms with van der Waals surface area (Å²) in [7, 11) is 0. The molecule has 0 aromatic carbocycles. The average Bonchev–Trinajstić information content (AvgIpc) is 2.77. The number of nitrogens with zero attached hydrogens (tertiary/aromatic N) is 6. The van der Waals surface area contributed by atoms with E-state index in [-0.39, 0.29) is 0 Å². The number of aromatic nitrogens is 4. The van der Waals surface area contributed by atoms with Gasteiger partial charge in [-0.15, -0.1) is 0 Å². The topological polar surface area (TPSA) is 70.1 Å². The van der Waals surface area contributed by atoms with Gasteiger partial charge in [-0.1, -0.05) is 11.6 Å². The summed E-state index contributed by atoms with van der Waals surface area (Å²) in [5.41, 5.74) is 0. The molecule has 2 aromatic heterocycles. The molecule has 17 heavy (non-hydrogen) atoms. The molecule has 0 atom stereocenters. The molecule has 0 unspecified atom stereocenters. The van der Waals surface area contributed by atoms with Crippen LogP contribution in [0.2, 0.25) is 5.15 Å². The standard InChI is InChI=1S/C10H11ClN6/c1-2-16(5-3-4-12)9-6-8(11)15-10-13-7-14-17(9)10/h6-7H,2-3,5H2,1H3. The van der Waals surface area contributed by atoms with Gasteiger partial charge in [0.1, 0.15) is 17.3 Å². The molecule has 0 aliphatic heterocycles. The quantitative estimate of drug-likeness (QED) is 0.770. The van der Waals surface area contributed by atoms with Crippen molar-refractivity contribution < 1.29 is 0 Å². The number of nitriles is 1. The first kappa shape index (κ1) is 11.6. The zero-order valence-electron chi connectivity index (χ0n) is 9.34. The van der Waals surface area contributed by atoms with E-state index in [1.165, 1.54) is 6.33 Å². The molecule has 0 saturated carbocycles. The third-order valence-electron chi connectivity index (χ3n) is 2.40. The van der Waals surface area contributed by atoms with Crippen molar-refractivity contribution in [1.82, 2.24) is 19.6 Å². The van der Waals surface area contributed by atoms with Crippen LogP contribution < -0.4 is 4.90 Å². The maximum atomic E-state index is 8.64. The minimum Gasteiger partial charge on any atom is -0.356 e. The molecule has 0 amide bonds. The predicted molar refractivity (Wildman–Crippen MR) is 63.9 cm³/mol. The van der Waals surface area contributed by atoms with Crippen LogP contribution in [0.5, 0.6) is 0 Å². The second-order valence-electron chi connectivity index (χ2n) is 3.40. The third kappa shape index (κ3) is 2.29. The van der Waals surface area contributed by atoms with E-state index in [0.717, 1.165) is 12.4 Å². The van der Waals surface area contributed by atoms with Crippen molar-refractivity contribution in [3.63, 3.8) is 0 Å². The first-order valence-corrected chi connectivity index (χ1v) is 5.62. The lowest BCUT2D eigenvalue weighted by Crippen LogP contribution is -2.26. The summed E-state index contributed by atoms with van der Waals surface area (Å²) in [4.78, 5) is 10.1. The SMILES string of the molecule is CCN(CCC#N)c1cc(Cl)nc2ncnn12. The Hall–Kier alpha value is -1.87. The third-order valence-corrected chi connectivity index (χ3v) is 2.59. The summed E-state index contributed by atoms with van der Waals surface area (Å²) in [5.74, 6) is 1.26. The van der Waals surface area contributed by atoms with Gasteiger partial charge >= 0.3 is 0 Å². The number of anilines is 1. The summed E-state index contributed by atoms with van der Waals surface area (Å²) < 4.78 is 1.62. The lowest BCUT2D eigenvalue weighted by atomic mass is 10.4. The van der Waals surface area contributed by atoms with E-state index in [1.54, 1.807) is 10.6 Å². The van der Waals surface area contributed by atoms with Crippen molar-refractivity contribution in [3.05, 3.63) is 17.5 Å². The van der Waals surface area contributed by atoms with Crippen molar-refractivity contribution in [3.8, 4) is 6.07 Å². The van der Waals surface area contributed by atoms with E-state index in [1.807, 2.05) is 11.8 Å². The Kier molecular flexibility index (Phi) is 3.40. The summed E-state index contributed by atoms with van der Waals surface area (Å²) >= 11 is 5.93. The van der Waals surface area contributed by atoms with Gasteiger partial charge in [0.15, 0.2) is 0 Å². The summed E-state index contributed by atoms with van der Waals surface area (Å²) in [6, 6.07) is 3.85. The Morgan fingerprint density at radius 1 is 1.59 bits per heavy atom. The van der Waals surface area contributed by atoms with E-state index < -0.39 is 0 Å². The fourth-order valence-corrected chi connectivity index (χ4v) is 1.79. The minimum absolute atomic E-state index is 0.371. The van der Waals surface area contributed by atoms with E-state index in [4.69, 9.17) is 16.9 Å². The highest BCUT2D eigenvalue weighted by molar-refractivity contribution is 6.29. The minimum atomic E-state index is 0.371. The maximum absolute atomic E-state index is 8.64. The van der Waals surface area contributed by atoms with Crippen molar-refractivity contribution in [1.29, 1.82) is 5.26 Å². The zero-order chi connectivity index (χ0) is 12.3. The van der Waals surface area contributed by atoms with Crippen LogP contribution in [0.1, 0.15) is 13.3 Å². The van der Waals surface area contributed by atoms with Crippen LogP contribution in [0, 0.1) is 11.3 Å². The molecule has 0 aliphatic carbocycles. The summed E-state index contributed by atoms with van der Waals surface area (Å²) in [6.45, 7) is 3.40. The average molecular weight is 251 g/mol. The second-order valence-corrected chi connectivity index (χ2v) is 3.78. The van der Waals surface area contributed by atoms with E-state index >= 15 is 0 Å². The molecular weight excluding hydrogens is 240 g/mol. The molecule has 2 aromatic rings.